The molecular formula is C32H46ClN5O6. The average Bonchev–Trinajstić information content (AvgIpc) is 2.97. The smallest absolute Gasteiger partial charge is 0.410 e. The van der Waals surface area contributed by atoms with Gasteiger partial charge in [-0.3, -0.25) is 24.8 Å². The van der Waals surface area contributed by atoms with Gasteiger partial charge in [-0.2, -0.15) is 0 Å². The van der Waals surface area contributed by atoms with Crippen LogP contribution in [0.15, 0.2) is 29.3 Å². The maximum atomic E-state index is 13.5. The number of methoxy groups -OCH3 is 1. The molecule has 4 fully saturated rings. The lowest BCUT2D eigenvalue weighted by Gasteiger charge is -2.60. The van der Waals surface area contributed by atoms with E-state index in [-0.39, 0.29) is 36.9 Å². The summed E-state index contributed by atoms with van der Waals surface area (Å²) in [4.78, 5) is 58.2. The van der Waals surface area contributed by atoms with Gasteiger partial charge in [0.2, 0.25) is 5.91 Å². The number of carbonyl (C=O) groups is 4. The Morgan fingerprint density at radius 3 is 2.23 bits per heavy atom. The van der Waals surface area contributed by atoms with Crippen LogP contribution in [0.25, 0.3) is 0 Å². The van der Waals surface area contributed by atoms with Gasteiger partial charge in [0.05, 0.1) is 13.2 Å². The fourth-order valence-electron chi connectivity index (χ4n) is 7.88. The lowest BCUT2D eigenvalue weighted by Crippen LogP contribution is -2.67. The molecule has 1 heterocycles. The van der Waals surface area contributed by atoms with E-state index in [0.29, 0.717) is 48.7 Å². The number of carbonyl (C=O) groups excluding carboxylic acids is 4. The first-order valence-corrected chi connectivity index (χ1v) is 15.7. The maximum absolute atomic E-state index is 13.5. The molecule has 1 aromatic rings. The van der Waals surface area contributed by atoms with Crippen LogP contribution in [0.4, 0.5) is 4.79 Å². The molecule has 11 nitrogen and oxygen atoms in total. The zero-order valence-electron chi connectivity index (χ0n) is 25.9. The van der Waals surface area contributed by atoms with E-state index in [1.807, 2.05) is 12.1 Å². The van der Waals surface area contributed by atoms with Gasteiger partial charge in [0, 0.05) is 37.2 Å². The van der Waals surface area contributed by atoms with Crippen molar-refractivity contribution in [3.8, 4) is 0 Å². The Balaban J connectivity index is 0.00000442. The normalized spacial score (nSPS) is 25.5. The molecule has 4 saturated carbocycles. The number of halogens is 1. The van der Waals surface area contributed by atoms with Crippen molar-refractivity contribution in [1.29, 1.82) is 0 Å². The summed E-state index contributed by atoms with van der Waals surface area (Å²) in [6.07, 6.45) is 6.91. The van der Waals surface area contributed by atoms with E-state index < -0.39 is 23.6 Å². The number of nitrogens with one attached hydrogen (secondary N) is 3. The number of nitrogens with zero attached hydrogens (tertiary/aromatic N) is 2. The standard InChI is InChI=1S/C32H45N5O6.ClH/c1-20(2)43-29(40)26(37(31(41)42-3)32-16-22-13-23(17-32)15-24(14-22)18-32)19-35-28(39)25-8-5-21(6-9-25)7-10-27(38)36-30-33-11-4-12-34-30;/h5-6,8-9,20,22-24,26H,4,7,10-19H2,1-3H3,(H,35,39)(H2,33,34,36,38);1H/t22?,23?,24?,26-,32?;/m0./s1. The monoisotopic (exact) mass is 631 g/mol. The number of esters is 1. The van der Waals surface area contributed by atoms with Gasteiger partial charge < -0.3 is 20.1 Å². The van der Waals surface area contributed by atoms with Crippen molar-refractivity contribution in [2.75, 3.05) is 26.7 Å². The Morgan fingerprint density at radius 1 is 1.05 bits per heavy atom. The molecule has 0 saturated heterocycles. The fourth-order valence-corrected chi connectivity index (χ4v) is 7.88. The molecule has 1 aliphatic heterocycles. The number of ether oxygens (including phenoxy) is 2. The summed E-state index contributed by atoms with van der Waals surface area (Å²) in [6.45, 7) is 4.96. The van der Waals surface area contributed by atoms with Crippen molar-refractivity contribution in [3.05, 3.63) is 35.4 Å². The third kappa shape index (κ3) is 7.83. The third-order valence-electron chi connectivity index (χ3n) is 9.29. The fraction of sp³-hybridized carbons (Fsp3) is 0.656. The molecule has 3 amide bonds. The van der Waals surface area contributed by atoms with E-state index in [2.05, 4.69) is 20.9 Å². The van der Waals surface area contributed by atoms with Crippen molar-refractivity contribution in [3.63, 3.8) is 0 Å². The van der Waals surface area contributed by atoms with Crippen LogP contribution in [0.3, 0.4) is 0 Å². The van der Waals surface area contributed by atoms with Gasteiger partial charge in [0.25, 0.3) is 5.91 Å². The highest BCUT2D eigenvalue weighted by atomic mass is 35.5. The summed E-state index contributed by atoms with van der Waals surface area (Å²) in [5, 5.41) is 8.75. The quantitative estimate of drug-likeness (QED) is 0.336. The SMILES string of the molecule is COC(=O)N([C@@H](CNC(=O)c1ccc(CCC(=O)NC2=NCCCN2)cc1)C(=O)OC(C)C)C12CC3CC(CC(C3)C1)C2.Cl. The minimum absolute atomic E-state index is 0. The molecule has 242 valence electrons. The highest BCUT2D eigenvalue weighted by Crippen LogP contribution is 2.58. The first-order chi connectivity index (χ1) is 20.7. The summed E-state index contributed by atoms with van der Waals surface area (Å²) in [5.41, 5.74) is 0.868. The lowest BCUT2D eigenvalue weighted by atomic mass is 9.52. The maximum Gasteiger partial charge on any atom is 0.410 e. The zero-order valence-corrected chi connectivity index (χ0v) is 26.8. The van der Waals surface area contributed by atoms with Crippen LogP contribution in [0, 0.1) is 17.8 Å². The second-order valence-corrected chi connectivity index (χ2v) is 12.9. The molecular weight excluding hydrogens is 586 g/mol. The van der Waals surface area contributed by atoms with Gasteiger partial charge in [-0.05, 0) is 101 Å². The first-order valence-electron chi connectivity index (χ1n) is 15.7. The van der Waals surface area contributed by atoms with Crippen LogP contribution >= 0.6 is 12.4 Å². The summed E-state index contributed by atoms with van der Waals surface area (Å²) < 4.78 is 10.9. The largest absolute Gasteiger partial charge is 0.461 e. The first kappa shape index (κ1) is 33.6. The van der Waals surface area contributed by atoms with E-state index in [9.17, 15) is 19.2 Å². The topological polar surface area (TPSA) is 138 Å². The summed E-state index contributed by atoms with van der Waals surface area (Å²) in [5.74, 6) is 1.12. The lowest BCUT2D eigenvalue weighted by molar-refractivity contribution is -0.161. The molecule has 3 N–H and O–H groups in total. The molecule has 0 aromatic heterocycles. The number of aliphatic imine (C=N–C) groups is 1. The van der Waals surface area contributed by atoms with Gasteiger partial charge in [-0.15, -0.1) is 12.4 Å². The number of aryl methyl sites for hydroxylation is 1. The number of hydrogen-bond donors (Lipinski definition) is 3. The van der Waals surface area contributed by atoms with Crippen LogP contribution in [-0.4, -0.2) is 79.2 Å². The Labute approximate surface area is 265 Å². The van der Waals surface area contributed by atoms with Crippen LogP contribution in [-0.2, 0) is 25.5 Å². The second-order valence-electron chi connectivity index (χ2n) is 12.9. The van der Waals surface area contributed by atoms with E-state index in [4.69, 9.17) is 9.47 Å². The highest BCUT2D eigenvalue weighted by Gasteiger charge is 2.57. The van der Waals surface area contributed by atoms with Gasteiger partial charge in [0.15, 0.2) is 12.0 Å². The molecule has 6 rings (SSSR count). The molecule has 5 aliphatic rings. The average molecular weight is 632 g/mol. The molecule has 0 radical (unpaired) electrons. The molecule has 0 spiro atoms. The molecule has 1 aromatic carbocycles. The third-order valence-corrected chi connectivity index (χ3v) is 9.29. The van der Waals surface area contributed by atoms with E-state index in [1.54, 1.807) is 30.9 Å². The highest BCUT2D eigenvalue weighted by molar-refractivity contribution is 5.97. The van der Waals surface area contributed by atoms with Crippen LogP contribution in [0.1, 0.15) is 81.1 Å². The zero-order chi connectivity index (χ0) is 30.6. The number of rotatable bonds is 10. The van der Waals surface area contributed by atoms with Crippen molar-refractivity contribution in [1.82, 2.24) is 20.9 Å². The minimum atomic E-state index is -1.00. The molecule has 0 unspecified atom stereocenters. The predicted octanol–water partition coefficient (Wildman–Crippen LogP) is 3.59. The van der Waals surface area contributed by atoms with Crippen LogP contribution < -0.4 is 16.0 Å². The van der Waals surface area contributed by atoms with Crippen molar-refractivity contribution >= 4 is 42.2 Å². The van der Waals surface area contributed by atoms with Crippen LogP contribution in [0.2, 0.25) is 0 Å². The Hall–Kier alpha value is -3.34. The summed E-state index contributed by atoms with van der Waals surface area (Å²) in [6, 6.07) is 6.04. The predicted molar refractivity (Wildman–Crippen MR) is 168 cm³/mol. The second kappa shape index (κ2) is 14.6. The number of amides is 3. The Bertz CT molecular complexity index is 1200. The van der Waals surface area contributed by atoms with E-state index in [1.165, 1.54) is 26.4 Å². The van der Waals surface area contributed by atoms with Crippen molar-refractivity contribution < 1.29 is 28.7 Å². The van der Waals surface area contributed by atoms with Crippen molar-refractivity contribution in [2.45, 2.75) is 89.3 Å². The Morgan fingerprint density at radius 2 is 1.68 bits per heavy atom. The molecule has 12 heteroatoms. The van der Waals surface area contributed by atoms with Gasteiger partial charge in [-0.25, -0.2) is 9.59 Å². The van der Waals surface area contributed by atoms with Gasteiger partial charge >= 0.3 is 12.1 Å². The van der Waals surface area contributed by atoms with Gasteiger partial charge in [-0.1, -0.05) is 12.1 Å². The number of hydrogen-bond acceptors (Lipinski definition) is 8. The molecule has 44 heavy (non-hydrogen) atoms. The van der Waals surface area contributed by atoms with Crippen molar-refractivity contribution in [2.24, 2.45) is 22.7 Å². The van der Waals surface area contributed by atoms with E-state index >= 15 is 0 Å². The molecule has 4 aliphatic carbocycles. The minimum Gasteiger partial charge on any atom is -0.461 e. The molecule has 1 atom stereocenters. The van der Waals surface area contributed by atoms with Crippen LogP contribution in [0.5, 0.6) is 0 Å². The Kier molecular flexibility index (Phi) is 11.2. The number of guanidine groups is 1. The van der Waals surface area contributed by atoms with E-state index in [0.717, 1.165) is 37.8 Å². The van der Waals surface area contributed by atoms with Gasteiger partial charge in [0.1, 0.15) is 0 Å². The summed E-state index contributed by atoms with van der Waals surface area (Å²) in [7, 11) is 1.34. The molecule has 4 bridgehead atoms. The number of benzene rings is 1. The summed E-state index contributed by atoms with van der Waals surface area (Å²) >= 11 is 0.